The molecule has 1 aromatic heterocycles. The number of Topliss-reactive ketones (excluding diaryl/α,β-unsaturated/α-hetero) is 1. The lowest BCUT2D eigenvalue weighted by atomic mass is 10.1. The summed E-state index contributed by atoms with van der Waals surface area (Å²) < 4.78 is 28.0. The second-order valence-corrected chi connectivity index (χ2v) is 5.68. The van der Waals surface area contributed by atoms with E-state index in [1.54, 1.807) is 20.8 Å². The SMILES string of the molecule is CCOC(=O)c1c(C)[nH]c(C(=O)COC(=O)COc2cccc(F)c2)c1C. The molecule has 7 nitrogen and oxygen atoms in total. The van der Waals surface area contributed by atoms with Crippen molar-refractivity contribution in [2.45, 2.75) is 20.8 Å². The molecule has 1 aromatic carbocycles. The van der Waals surface area contributed by atoms with Gasteiger partial charge >= 0.3 is 11.9 Å². The van der Waals surface area contributed by atoms with Gasteiger partial charge in [0.25, 0.3) is 0 Å². The molecule has 2 rings (SSSR count). The fourth-order valence-corrected chi connectivity index (χ4v) is 2.50. The number of H-pyrrole nitrogens is 1. The number of benzene rings is 1. The van der Waals surface area contributed by atoms with Crippen LogP contribution in [0.3, 0.4) is 0 Å². The summed E-state index contributed by atoms with van der Waals surface area (Å²) in [5.74, 6) is -2.12. The number of rotatable bonds is 8. The van der Waals surface area contributed by atoms with E-state index in [0.29, 0.717) is 16.8 Å². The number of halogens is 1. The standard InChI is InChI=1S/C19H20FNO6/c1-4-25-19(24)17-11(2)18(21-12(17)3)15(22)9-27-16(23)10-26-14-7-5-6-13(20)8-14/h5-8,21H,4,9-10H2,1-3H3. The van der Waals surface area contributed by atoms with Crippen LogP contribution >= 0.6 is 0 Å². The van der Waals surface area contributed by atoms with Gasteiger partial charge in [-0.15, -0.1) is 0 Å². The van der Waals surface area contributed by atoms with E-state index in [1.165, 1.54) is 18.2 Å². The molecular formula is C19H20FNO6. The fraction of sp³-hybridized carbons (Fsp3) is 0.316. The quantitative estimate of drug-likeness (QED) is 0.561. The van der Waals surface area contributed by atoms with Crippen LogP contribution in [0.1, 0.15) is 39.0 Å². The molecular weight excluding hydrogens is 357 g/mol. The number of aromatic nitrogens is 1. The van der Waals surface area contributed by atoms with Gasteiger partial charge in [-0.1, -0.05) is 6.07 Å². The molecule has 0 unspecified atom stereocenters. The molecule has 1 N–H and O–H groups in total. The minimum atomic E-state index is -0.779. The van der Waals surface area contributed by atoms with Crippen molar-refractivity contribution in [2.75, 3.05) is 19.8 Å². The zero-order valence-corrected chi connectivity index (χ0v) is 15.3. The van der Waals surface area contributed by atoms with Crippen molar-refractivity contribution >= 4 is 17.7 Å². The summed E-state index contributed by atoms with van der Waals surface area (Å²) in [5, 5.41) is 0. The first kappa shape index (κ1) is 20.2. The molecule has 8 heteroatoms. The lowest BCUT2D eigenvalue weighted by Crippen LogP contribution is -2.20. The Bertz CT molecular complexity index is 858. The molecule has 1 heterocycles. The summed E-state index contributed by atoms with van der Waals surface area (Å²) in [6.07, 6.45) is 0. The molecule has 27 heavy (non-hydrogen) atoms. The first-order valence-electron chi connectivity index (χ1n) is 8.27. The molecule has 0 aliphatic heterocycles. The number of carbonyl (C=O) groups is 3. The van der Waals surface area contributed by atoms with E-state index in [0.717, 1.165) is 6.07 Å². The second kappa shape index (κ2) is 8.98. The zero-order chi connectivity index (χ0) is 20.0. The summed E-state index contributed by atoms with van der Waals surface area (Å²) in [4.78, 5) is 38.8. The van der Waals surface area contributed by atoms with Crippen molar-refractivity contribution in [3.05, 3.63) is 52.6 Å². The molecule has 2 aromatic rings. The summed E-state index contributed by atoms with van der Waals surface area (Å²) in [6, 6.07) is 5.30. The number of ketones is 1. The Labute approximate surface area is 155 Å². The Balaban J connectivity index is 1.92. The van der Waals surface area contributed by atoms with E-state index >= 15 is 0 Å². The van der Waals surface area contributed by atoms with Crippen molar-refractivity contribution < 1.29 is 33.0 Å². The molecule has 0 aliphatic carbocycles. The van der Waals surface area contributed by atoms with Gasteiger partial charge in [0.05, 0.1) is 17.9 Å². The van der Waals surface area contributed by atoms with Crippen molar-refractivity contribution in [2.24, 2.45) is 0 Å². The van der Waals surface area contributed by atoms with Crippen LogP contribution in [-0.4, -0.2) is 42.5 Å². The van der Waals surface area contributed by atoms with E-state index in [1.807, 2.05) is 0 Å². The van der Waals surface area contributed by atoms with Gasteiger partial charge in [-0.25, -0.2) is 14.0 Å². The lowest BCUT2D eigenvalue weighted by Gasteiger charge is -2.07. The largest absolute Gasteiger partial charge is 0.482 e. The molecule has 0 saturated carbocycles. The minimum absolute atomic E-state index is 0.174. The van der Waals surface area contributed by atoms with Crippen LogP contribution in [0.5, 0.6) is 5.75 Å². The third kappa shape index (κ3) is 5.16. The van der Waals surface area contributed by atoms with Crippen LogP contribution in [0.15, 0.2) is 24.3 Å². The zero-order valence-electron chi connectivity index (χ0n) is 15.3. The van der Waals surface area contributed by atoms with Gasteiger partial charge in [-0.05, 0) is 38.5 Å². The van der Waals surface area contributed by atoms with Crippen molar-refractivity contribution in [1.29, 1.82) is 0 Å². The molecule has 0 saturated heterocycles. The average molecular weight is 377 g/mol. The molecule has 0 fully saturated rings. The second-order valence-electron chi connectivity index (χ2n) is 5.68. The van der Waals surface area contributed by atoms with E-state index < -0.39 is 36.8 Å². The average Bonchev–Trinajstić information content (AvgIpc) is 2.92. The molecule has 0 atom stereocenters. The number of hydrogen-bond acceptors (Lipinski definition) is 6. The first-order valence-corrected chi connectivity index (χ1v) is 8.27. The highest BCUT2D eigenvalue weighted by atomic mass is 19.1. The smallest absolute Gasteiger partial charge is 0.344 e. The van der Waals surface area contributed by atoms with Crippen LogP contribution < -0.4 is 4.74 Å². The van der Waals surface area contributed by atoms with Crippen molar-refractivity contribution in [1.82, 2.24) is 4.98 Å². The maximum atomic E-state index is 13.0. The van der Waals surface area contributed by atoms with E-state index in [2.05, 4.69) is 4.98 Å². The Hall–Kier alpha value is -3.16. The van der Waals surface area contributed by atoms with Crippen LogP contribution in [0.2, 0.25) is 0 Å². The third-order valence-electron chi connectivity index (χ3n) is 3.71. The molecule has 0 spiro atoms. The monoisotopic (exact) mass is 377 g/mol. The number of carbonyl (C=O) groups excluding carboxylic acids is 3. The highest BCUT2D eigenvalue weighted by Gasteiger charge is 2.23. The van der Waals surface area contributed by atoms with Gasteiger partial charge in [-0.3, -0.25) is 4.79 Å². The Morgan fingerprint density at radius 3 is 2.52 bits per heavy atom. The highest BCUT2D eigenvalue weighted by Crippen LogP contribution is 2.19. The van der Waals surface area contributed by atoms with Crippen LogP contribution in [-0.2, 0) is 14.3 Å². The van der Waals surface area contributed by atoms with Crippen molar-refractivity contribution in [3.8, 4) is 5.75 Å². The van der Waals surface area contributed by atoms with E-state index in [9.17, 15) is 18.8 Å². The predicted octanol–water partition coefficient (Wildman–Crippen LogP) is 2.75. The van der Waals surface area contributed by atoms with Gasteiger partial charge in [0.2, 0.25) is 5.78 Å². The number of hydrogen-bond donors (Lipinski definition) is 1. The Kier molecular flexibility index (Phi) is 6.70. The lowest BCUT2D eigenvalue weighted by molar-refractivity contribution is -0.144. The maximum Gasteiger partial charge on any atom is 0.344 e. The summed E-state index contributed by atoms with van der Waals surface area (Å²) in [6.45, 7) is 4.18. The number of aryl methyl sites for hydroxylation is 1. The van der Waals surface area contributed by atoms with E-state index in [-0.39, 0.29) is 18.1 Å². The van der Waals surface area contributed by atoms with Crippen molar-refractivity contribution in [3.63, 3.8) is 0 Å². The topological polar surface area (TPSA) is 94.7 Å². The van der Waals surface area contributed by atoms with Gasteiger partial charge in [0, 0.05) is 11.8 Å². The number of esters is 2. The number of ether oxygens (including phenoxy) is 3. The first-order chi connectivity index (χ1) is 12.8. The van der Waals surface area contributed by atoms with E-state index in [4.69, 9.17) is 14.2 Å². The molecule has 0 aliphatic rings. The third-order valence-corrected chi connectivity index (χ3v) is 3.71. The minimum Gasteiger partial charge on any atom is -0.482 e. The highest BCUT2D eigenvalue weighted by molar-refractivity contribution is 6.02. The van der Waals surface area contributed by atoms with Crippen LogP contribution in [0, 0.1) is 19.7 Å². The molecule has 0 radical (unpaired) electrons. The molecule has 0 bridgehead atoms. The predicted molar refractivity (Wildman–Crippen MR) is 93.4 cm³/mol. The normalized spacial score (nSPS) is 10.4. The Morgan fingerprint density at radius 2 is 1.85 bits per heavy atom. The fourth-order valence-electron chi connectivity index (χ4n) is 2.50. The van der Waals surface area contributed by atoms with Gasteiger partial charge in [-0.2, -0.15) is 0 Å². The number of nitrogens with one attached hydrogen (secondary N) is 1. The Morgan fingerprint density at radius 1 is 1.11 bits per heavy atom. The molecule has 0 amide bonds. The molecule has 144 valence electrons. The van der Waals surface area contributed by atoms with Gasteiger partial charge < -0.3 is 19.2 Å². The van der Waals surface area contributed by atoms with Crippen LogP contribution in [0.25, 0.3) is 0 Å². The summed E-state index contributed by atoms with van der Waals surface area (Å²) >= 11 is 0. The number of aromatic amines is 1. The van der Waals surface area contributed by atoms with Crippen LogP contribution in [0.4, 0.5) is 4.39 Å². The maximum absolute atomic E-state index is 13.0. The van der Waals surface area contributed by atoms with Gasteiger partial charge in [0.1, 0.15) is 11.6 Å². The van der Waals surface area contributed by atoms with Gasteiger partial charge in [0.15, 0.2) is 13.2 Å². The summed E-state index contributed by atoms with van der Waals surface area (Å²) in [5.41, 5.74) is 1.40. The summed E-state index contributed by atoms with van der Waals surface area (Å²) in [7, 11) is 0.